The molecule has 18 heavy (non-hydrogen) atoms. The Bertz CT molecular complexity index is 448. The van der Waals surface area contributed by atoms with Gasteiger partial charge in [-0.3, -0.25) is 4.79 Å². The number of hydrogen-bond donors (Lipinski definition) is 0. The molecule has 0 aromatic carbocycles. The normalized spacial score (nSPS) is 11.2. The van der Waals surface area contributed by atoms with Gasteiger partial charge in [-0.2, -0.15) is 0 Å². The number of likely N-dealkylation sites (N-methyl/N-ethyl adjacent to an activating group) is 1. The second kappa shape index (κ2) is 5.48. The molecule has 100 valence electrons. The number of thiazole rings is 1. The Morgan fingerprint density at radius 2 is 2.06 bits per heavy atom. The van der Waals surface area contributed by atoms with Crippen LogP contribution in [0.2, 0.25) is 0 Å². The van der Waals surface area contributed by atoms with E-state index < -0.39 is 11.7 Å². The molecule has 1 heterocycles. The Hall–Kier alpha value is -1.43. The number of carbonyl (C=O) groups excluding carboxylic acids is 2. The highest BCUT2D eigenvalue weighted by Gasteiger charge is 2.22. The van der Waals surface area contributed by atoms with E-state index in [1.165, 1.54) is 23.3 Å². The van der Waals surface area contributed by atoms with Gasteiger partial charge in [0.1, 0.15) is 5.60 Å². The zero-order chi connectivity index (χ0) is 13.9. The summed E-state index contributed by atoms with van der Waals surface area (Å²) in [5.74, 6) is -0.179. The number of nitrogens with zero attached hydrogens (tertiary/aromatic N) is 2. The van der Waals surface area contributed by atoms with E-state index in [4.69, 9.17) is 4.74 Å². The van der Waals surface area contributed by atoms with E-state index in [-0.39, 0.29) is 12.3 Å². The highest BCUT2D eigenvalue weighted by Crippen LogP contribution is 2.12. The topological polar surface area (TPSA) is 59.5 Å². The van der Waals surface area contributed by atoms with Gasteiger partial charge in [0, 0.05) is 18.1 Å². The lowest BCUT2D eigenvalue weighted by molar-refractivity contribution is 0.0294. The predicted molar refractivity (Wildman–Crippen MR) is 70.0 cm³/mol. The Kier molecular flexibility index (Phi) is 4.45. The van der Waals surface area contributed by atoms with E-state index in [2.05, 4.69) is 4.98 Å². The summed E-state index contributed by atoms with van der Waals surface area (Å²) in [6.07, 6.45) is -0.510. The van der Waals surface area contributed by atoms with E-state index in [0.29, 0.717) is 5.01 Å². The van der Waals surface area contributed by atoms with Crippen molar-refractivity contribution in [2.45, 2.75) is 33.3 Å². The van der Waals surface area contributed by atoms with E-state index in [0.717, 1.165) is 5.69 Å². The number of aromatic nitrogens is 1. The lowest BCUT2D eigenvalue weighted by atomic mass is 10.2. The highest BCUT2D eigenvalue weighted by molar-refractivity contribution is 7.11. The van der Waals surface area contributed by atoms with Crippen LogP contribution in [0.3, 0.4) is 0 Å². The number of ketones is 1. The summed E-state index contributed by atoms with van der Waals surface area (Å²) in [6, 6.07) is 0. The Labute approximate surface area is 111 Å². The van der Waals surface area contributed by atoms with Crippen LogP contribution in [0, 0.1) is 6.92 Å². The molecule has 0 saturated carbocycles. The fraction of sp³-hybridized carbons (Fsp3) is 0.583. The largest absolute Gasteiger partial charge is 0.444 e. The van der Waals surface area contributed by atoms with Gasteiger partial charge in [-0.05, 0) is 27.7 Å². The van der Waals surface area contributed by atoms with Crippen molar-refractivity contribution in [3.05, 3.63) is 16.1 Å². The minimum Gasteiger partial charge on any atom is -0.444 e. The molecule has 0 bridgehead atoms. The van der Waals surface area contributed by atoms with Gasteiger partial charge in [-0.25, -0.2) is 9.78 Å². The van der Waals surface area contributed by atoms with E-state index in [9.17, 15) is 9.59 Å². The van der Waals surface area contributed by atoms with Crippen LogP contribution in [-0.2, 0) is 4.74 Å². The number of carbonyl (C=O) groups is 2. The highest BCUT2D eigenvalue weighted by atomic mass is 32.1. The minimum absolute atomic E-state index is 0.0259. The lowest BCUT2D eigenvalue weighted by Crippen LogP contribution is -2.37. The van der Waals surface area contributed by atoms with E-state index in [1.54, 1.807) is 26.2 Å². The minimum atomic E-state index is -0.563. The third-order valence-electron chi connectivity index (χ3n) is 1.94. The van der Waals surface area contributed by atoms with Crippen molar-refractivity contribution in [2.75, 3.05) is 13.6 Å². The van der Waals surface area contributed by atoms with Gasteiger partial charge in [0.05, 0.1) is 6.54 Å². The molecule has 0 unspecified atom stereocenters. The molecule has 6 heteroatoms. The summed E-state index contributed by atoms with van der Waals surface area (Å²) in [4.78, 5) is 28.8. The number of hydrogen-bond acceptors (Lipinski definition) is 5. The van der Waals surface area contributed by atoms with Crippen molar-refractivity contribution >= 4 is 23.2 Å². The average molecular weight is 270 g/mol. The fourth-order valence-corrected chi connectivity index (χ4v) is 1.90. The molecule has 0 fully saturated rings. The van der Waals surface area contributed by atoms with Crippen LogP contribution < -0.4 is 0 Å². The molecule has 0 radical (unpaired) electrons. The first-order valence-corrected chi connectivity index (χ1v) is 6.46. The van der Waals surface area contributed by atoms with Crippen LogP contribution in [0.15, 0.2) is 5.38 Å². The molecule has 0 aliphatic heterocycles. The van der Waals surface area contributed by atoms with Crippen LogP contribution in [0.5, 0.6) is 0 Å². The van der Waals surface area contributed by atoms with Crippen LogP contribution >= 0.6 is 11.3 Å². The zero-order valence-electron chi connectivity index (χ0n) is 11.3. The van der Waals surface area contributed by atoms with Crippen LogP contribution in [-0.4, -0.2) is 41.0 Å². The van der Waals surface area contributed by atoms with Crippen molar-refractivity contribution < 1.29 is 14.3 Å². The quantitative estimate of drug-likeness (QED) is 0.792. The maximum Gasteiger partial charge on any atom is 0.410 e. The molecule has 1 amide bonds. The summed E-state index contributed by atoms with van der Waals surface area (Å²) in [5.41, 5.74) is 0.245. The first-order chi connectivity index (χ1) is 8.19. The third kappa shape index (κ3) is 4.44. The van der Waals surface area contributed by atoms with Gasteiger partial charge >= 0.3 is 6.09 Å². The summed E-state index contributed by atoms with van der Waals surface area (Å²) >= 11 is 1.29. The van der Waals surface area contributed by atoms with Gasteiger partial charge in [-0.15, -0.1) is 11.3 Å². The van der Waals surface area contributed by atoms with Gasteiger partial charge in [-0.1, -0.05) is 0 Å². The molecule has 1 aromatic rings. The first kappa shape index (κ1) is 14.6. The van der Waals surface area contributed by atoms with Crippen molar-refractivity contribution in [1.82, 2.24) is 9.88 Å². The van der Waals surface area contributed by atoms with Crippen LogP contribution in [0.1, 0.15) is 36.3 Å². The number of Topliss-reactive ketones (excluding diaryl/α,β-unsaturated/α-hetero) is 1. The number of rotatable bonds is 3. The second-order valence-electron chi connectivity index (χ2n) is 5.05. The molecule has 0 saturated heterocycles. The Balaban J connectivity index is 2.57. The molecule has 0 atom stereocenters. The van der Waals surface area contributed by atoms with Crippen LogP contribution in [0.4, 0.5) is 4.79 Å². The second-order valence-corrected chi connectivity index (χ2v) is 5.91. The number of ether oxygens (including phenoxy) is 1. The van der Waals surface area contributed by atoms with Gasteiger partial charge in [0.2, 0.25) is 5.78 Å². The zero-order valence-corrected chi connectivity index (χ0v) is 12.1. The molecular formula is C12H18N2O3S. The monoisotopic (exact) mass is 270 g/mol. The Morgan fingerprint density at radius 3 is 2.50 bits per heavy atom. The molecule has 0 N–H and O–H groups in total. The van der Waals surface area contributed by atoms with Crippen molar-refractivity contribution in [3.8, 4) is 0 Å². The van der Waals surface area contributed by atoms with E-state index >= 15 is 0 Å². The maximum absolute atomic E-state index is 11.8. The standard InChI is InChI=1S/C12H18N2O3S/c1-8-7-18-10(13-8)9(15)6-14(5)11(16)17-12(2,3)4/h7H,6H2,1-5H3. The summed E-state index contributed by atoms with van der Waals surface area (Å²) < 4.78 is 5.16. The SMILES string of the molecule is Cc1csc(C(=O)CN(C)C(=O)OC(C)(C)C)n1. The summed E-state index contributed by atoms with van der Waals surface area (Å²) in [6.45, 7) is 7.15. The first-order valence-electron chi connectivity index (χ1n) is 5.58. The van der Waals surface area contributed by atoms with Gasteiger partial charge in [0.25, 0.3) is 0 Å². The third-order valence-corrected chi connectivity index (χ3v) is 2.94. The lowest BCUT2D eigenvalue weighted by Gasteiger charge is -2.24. The van der Waals surface area contributed by atoms with E-state index in [1.807, 2.05) is 6.92 Å². The number of aryl methyl sites for hydroxylation is 1. The molecule has 0 aliphatic carbocycles. The van der Waals surface area contributed by atoms with Gasteiger partial charge < -0.3 is 9.64 Å². The maximum atomic E-state index is 11.8. The van der Waals surface area contributed by atoms with Crippen molar-refractivity contribution in [2.24, 2.45) is 0 Å². The average Bonchev–Trinajstić information content (AvgIpc) is 2.62. The fourth-order valence-electron chi connectivity index (χ4n) is 1.17. The van der Waals surface area contributed by atoms with Crippen LogP contribution in [0.25, 0.3) is 0 Å². The Morgan fingerprint density at radius 1 is 1.44 bits per heavy atom. The molecule has 1 rings (SSSR count). The summed E-state index contributed by atoms with van der Waals surface area (Å²) in [5, 5.41) is 2.23. The molecule has 5 nitrogen and oxygen atoms in total. The molecule has 1 aromatic heterocycles. The summed E-state index contributed by atoms with van der Waals surface area (Å²) in [7, 11) is 1.53. The van der Waals surface area contributed by atoms with Crippen molar-refractivity contribution in [1.29, 1.82) is 0 Å². The molecule has 0 spiro atoms. The predicted octanol–water partition coefficient (Wildman–Crippen LogP) is 2.50. The van der Waals surface area contributed by atoms with Crippen molar-refractivity contribution in [3.63, 3.8) is 0 Å². The molecular weight excluding hydrogens is 252 g/mol. The number of amides is 1. The smallest absolute Gasteiger partial charge is 0.410 e. The molecule has 0 aliphatic rings. The van der Waals surface area contributed by atoms with Gasteiger partial charge in [0.15, 0.2) is 5.01 Å².